The van der Waals surface area contributed by atoms with E-state index in [0.717, 1.165) is 12.8 Å². The molecule has 1 aliphatic rings. The van der Waals surface area contributed by atoms with Crippen LogP contribution in [-0.2, 0) is 0 Å². The second kappa shape index (κ2) is 4.11. The van der Waals surface area contributed by atoms with Gasteiger partial charge < -0.3 is 5.73 Å². The SMILES string of the molecule is NC1C=C(c2c(F)cccc2F)CCC1. The summed E-state index contributed by atoms with van der Waals surface area (Å²) in [7, 11) is 0. The van der Waals surface area contributed by atoms with Crippen molar-refractivity contribution >= 4 is 5.57 Å². The van der Waals surface area contributed by atoms with Crippen LogP contribution in [0.25, 0.3) is 5.57 Å². The van der Waals surface area contributed by atoms with E-state index in [2.05, 4.69) is 0 Å². The Bertz CT molecular complexity index is 378. The van der Waals surface area contributed by atoms with E-state index in [0.29, 0.717) is 12.0 Å². The van der Waals surface area contributed by atoms with Crippen LogP contribution in [0.1, 0.15) is 24.8 Å². The summed E-state index contributed by atoms with van der Waals surface area (Å²) in [5.74, 6) is -1.01. The highest BCUT2D eigenvalue weighted by Gasteiger charge is 2.17. The molecule has 0 heterocycles. The van der Waals surface area contributed by atoms with E-state index < -0.39 is 11.6 Å². The molecule has 15 heavy (non-hydrogen) atoms. The average molecular weight is 209 g/mol. The van der Waals surface area contributed by atoms with E-state index in [1.807, 2.05) is 0 Å². The van der Waals surface area contributed by atoms with Crippen LogP contribution in [0.4, 0.5) is 8.78 Å². The Kier molecular flexibility index (Phi) is 2.82. The Balaban J connectivity index is 2.45. The standard InChI is InChI=1S/C12H13F2N/c13-10-5-2-6-11(14)12(10)8-3-1-4-9(15)7-8/h2,5-7,9H,1,3-4,15H2. The predicted octanol–water partition coefficient (Wildman–Crippen LogP) is 2.86. The lowest BCUT2D eigenvalue weighted by molar-refractivity contribution is 0.570. The van der Waals surface area contributed by atoms with E-state index in [9.17, 15) is 8.78 Å². The molecule has 1 aromatic carbocycles. The lowest BCUT2D eigenvalue weighted by Crippen LogP contribution is -2.20. The summed E-state index contributed by atoms with van der Waals surface area (Å²) < 4.78 is 26.9. The highest BCUT2D eigenvalue weighted by atomic mass is 19.1. The quantitative estimate of drug-likeness (QED) is 0.756. The van der Waals surface area contributed by atoms with Gasteiger partial charge in [-0.05, 0) is 37.0 Å². The average Bonchev–Trinajstić information content (AvgIpc) is 2.17. The molecule has 2 rings (SSSR count). The summed E-state index contributed by atoms with van der Waals surface area (Å²) in [5, 5.41) is 0. The van der Waals surface area contributed by atoms with Crippen LogP contribution < -0.4 is 5.73 Å². The number of halogens is 2. The Hall–Kier alpha value is -1.22. The maximum atomic E-state index is 13.4. The molecule has 0 spiro atoms. The molecule has 80 valence electrons. The fourth-order valence-corrected chi connectivity index (χ4v) is 1.97. The van der Waals surface area contributed by atoms with E-state index in [1.54, 1.807) is 6.08 Å². The highest BCUT2D eigenvalue weighted by molar-refractivity contribution is 5.67. The maximum Gasteiger partial charge on any atom is 0.133 e. The van der Waals surface area contributed by atoms with Crippen molar-refractivity contribution in [2.24, 2.45) is 5.73 Å². The topological polar surface area (TPSA) is 26.0 Å². The van der Waals surface area contributed by atoms with Crippen molar-refractivity contribution in [3.05, 3.63) is 41.5 Å². The van der Waals surface area contributed by atoms with Gasteiger partial charge in [0.15, 0.2) is 0 Å². The third-order valence-electron chi connectivity index (χ3n) is 2.68. The van der Waals surface area contributed by atoms with Gasteiger partial charge in [0.25, 0.3) is 0 Å². The van der Waals surface area contributed by atoms with E-state index >= 15 is 0 Å². The Labute approximate surface area is 87.6 Å². The van der Waals surface area contributed by atoms with Crippen LogP contribution in [0, 0.1) is 11.6 Å². The minimum absolute atomic E-state index is 0.0762. The summed E-state index contributed by atoms with van der Waals surface area (Å²) in [6.07, 6.45) is 4.25. The summed E-state index contributed by atoms with van der Waals surface area (Å²) in [6.45, 7) is 0. The molecule has 0 amide bonds. The van der Waals surface area contributed by atoms with Gasteiger partial charge in [-0.3, -0.25) is 0 Å². The third-order valence-corrected chi connectivity index (χ3v) is 2.68. The zero-order valence-electron chi connectivity index (χ0n) is 8.34. The molecule has 1 atom stereocenters. The molecule has 0 radical (unpaired) electrons. The summed E-state index contributed by atoms with van der Waals surface area (Å²) >= 11 is 0. The summed E-state index contributed by atoms with van der Waals surface area (Å²) in [5.41, 5.74) is 6.53. The molecule has 1 aliphatic carbocycles. The van der Waals surface area contributed by atoms with Crippen molar-refractivity contribution in [2.75, 3.05) is 0 Å². The molecular formula is C12H13F2N. The largest absolute Gasteiger partial charge is 0.324 e. The second-order valence-corrected chi connectivity index (χ2v) is 3.84. The fourth-order valence-electron chi connectivity index (χ4n) is 1.97. The van der Waals surface area contributed by atoms with E-state index in [-0.39, 0.29) is 11.6 Å². The molecule has 0 saturated carbocycles. The smallest absolute Gasteiger partial charge is 0.133 e. The lowest BCUT2D eigenvalue weighted by Gasteiger charge is -2.18. The number of benzene rings is 1. The Morgan fingerprint density at radius 1 is 1.20 bits per heavy atom. The molecule has 1 unspecified atom stereocenters. The molecule has 0 bridgehead atoms. The third kappa shape index (κ3) is 2.07. The number of allylic oxidation sites excluding steroid dienone is 1. The molecule has 0 aromatic heterocycles. The molecule has 0 fully saturated rings. The number of hydrogen-bond acceptors (Lipinski definition) is 1. The first kappa shape index (κ1) is 10.3. The van der Waals surface area contributed by atoms with Crippen molar-refractivity contribution < 1.29 is 8.78 Å². The van der Waals surface area contributed by atoms with Crippen molar-refractivity contribution in [3.8, 4) is 0 Å². The summed E-state index contributed by atoms with van der Waals surface area (Å²) in [6, 6.07) is 3.85. The molecule has 0 saturated heterocycles. The molecule has 0 aliphatic heterocycles. The first-order valence-corrected chi connectivity index (χ1v) is 5.09. The van der Waals surface area contributed by atoms with Crippen LogP contribution in [0.3, 0.4) is 0 Å². The monoisotopic (exact) mass is 209 g/mol. The van der Waals surface area contributed by atoms with Gasteiger partial charge in [-0.1, -0.05) is 12.1 Å². The van der Waals surface area contributed by atoms with Gasteiger partial charge >= 0.3 is 0 Å². The second-order valence-electron chi connectivity index (χ2n) is 3.84. The fraction of sp³-hybridized carbons (Fsp3) is 0.333. The Morgan fingerprint density at radius 2 is 1.87 bits per heavy atom. The van der Waals surface area contributed by atoms with E-state index in [1.165, 1.54) is 18.2 Å². The van der Waals surface area contributed by atoms with Gasteiger partial charge in [-0.25, -0.2) is 8.78 Å². The van der Waals surface area contributed by atoms with Crippen molar-refractivity contribution in [3.63, 3.8) is 0 Å². The normalized spacial score (nSPS) is 21.3. The van der Waals surface area contributed by atoms with Crippen molar-refractivity contribution in [1.29, 1.82) is 0 Å². The summed E-state index contributed by atoms with van der Waals surface area (Å²) in [4.78, 5) is 0. The minimum Gasteiger partial charge on any atom is -0.324 e. The molecular weight excluding hydrogens is 196 g/mol. The van der Waals surface area contributed by atoms with Crippen LogP contribution in [-0.4, -0.2) is 6.04 Å². The van der Waals surface area contributed by atoms with Gasteiger partial charge in [0.05, 0.1) is 0 Å². The van der Waals surface area contributed by atoms with Gasteiger partial charge in [-0.2, -0.15) is 0 Å². The van der Waals surface area contributed by atoms with Crippen LogP contribution >= 0.6 is 0 Å². The van der Waals surface area contributed by atoms with Crippen LogP contribution in [0.15, 0.2) is 24.3 Å². The zero-order chi connectivity index (χ0) is 10.8. The van der Waals surface area contributed by atoms with E-state index in [4.69, 9.17) is 5.73 Å². The molecule has 3 heteroatoms. The minimum atomic E-state index is -0.504. The maximum absolute atomic E-state index is 13.4. The lowest BCUT2D eigenvalue weighted by atomic mass is 9.91. The van der Waals surface area contributed by atoms with Gasteiger partial charge in [-0.15, -0.1) is 0 Å². The molecule has 1 aromatic rings. The van der Waals surface area contributed by atoms with Crippen molar-refractivity contribution in [2.45, 2.75) is 25.3 Å². The van der Waals surface area contributed by atoms with Gasteiger partial charge in [0.2, 0.25) is 0 Å². The van der Waals surface area contributed by atoms with Crippen LogP contribution in [0.2, 0.25) is 0 Å². The number of hydrogen-bond donors (Lipinski definition) is 1. The van der Waals surface area contributed by atoms with Gasteiger partial charge in [0.1, 0.15) is 11.6 Å². The molecule has 2 N–H and O–H groups in total. The first-order chi connectivity index (χ1) is 7.18. The first-order valence-electron chi connectivity index (χ1n) is 5.09. The van der Waals surface area contributed by atoms with Crippen molar-refractivity contribution in [1.82, 2.24) is 0 Å². The van der Waals surface area contributed by atoms with Gasteiger partial charge in [0, 0.05) is 11.6 Å². The number of rotatable bonds is 1. The zero-order valence-corrected chi connectivity index (χ0v) is 8.34. The molecule has 1 nitrogen and oxygen atoms in total. The highest BCUT2D eigenvalue weighted by Crippen LogP contribution is 2.29. The Morgan fingerprint density at radius 3 is 2.47 bits per heavy atom. The number of nitrogens with two attached hydrogens (primary N) is 1. The van der Waals surface area contributed by atoms with Crippen LogP contribution in [0.5, 0.6) is 0 Å². The predicted molar refractivity (Wildman–Crippen MR) is 56.2 cm³/mol.